The minimum Gasteiger partial charge on any atom is -0.744 e. The Kier molecular flexibility index (Phi) is 9.46. The molecule has 2 aromatic rings. The molecule has 1 unspecified atom stereocenters. The summed E-state index contributed by atoms with van der Waals surface area (Å²) in [6.07, 6.45) is 0. The molecule has 14 heteroatoms. The molecule has 152 valence electrons. The number of nitrogens with zero attached hydrogens (tertiary/aromatic N) is 3. The van der Waals surface area contributed by atoms with Gasteiger partial charge in [0.2, 0.25) is 6.04 Å². The fourth-order valence-electron chi connectivity index (χ4n) is 2.09. The summed E-state index contributed by atoms with van der Waals surface area (Å²) < 4.78 is 33.1. The number of nitro benzene ring substituents is 1. The van der Waals surface area contributed by atoms with Crippen molar-refractivity contribution in [2.24, 2.45) is 10.2 Å². The molecule has 0 radical (unpaired) electrons. The third kappa shape index (κ3) is 6.79. The molecule has 11 nitrogen and oxygen atoms in total. The number of para-hydroxylation sites is 1. The molecule has 0 heterocycles. The minimum absolute atomic E-state index is 0. The molecule has 0 aliphatic carbocycles. The average Bonchev–Trinajstić information content (AvgIpc) is 2.62. The zero-order valence-corrected chi connectivity index (χ0v) is 19.1. The normalized spacial score (nSPS) is 12.1. The largest absolute Gasteiger partial charge is 2.00 e. The van der Waals surface area contributed by atoms with Crippen LogP contribution in [-0.4, -0.2) is 73.4 Å². The van der Waals surface area contributed by atoms with Crippen LogP contribution in [0.2, 0.25) is 5.02 Å². The molecule has 2 rings (SSSR count). The summed E-state index contributed by atoms with van der Waals surface area (Å²) in [5.41, 5.74) is -1.06. The number of carbonyl (C=O) groups excluding carboxylic acids is 2. The third-order valence-electron chi connectivity index (χ3n) is 3.48. The number of ketones is 1. The van der Waals surface area contributed by atoms with Crippen molar-refractivity contribution in [3.63, 3.8) is 0 Å². The summed E-state index contributed by atoms with van der Waals surface area (Å²) in [6, 6.07) is 6.77. The first kappa shape index (κ1) is 26.1. The number of Topliss-reactive ketones (excluding diaryl/α,β-unsaturated/α-hetero) is 1. The van der Waals surface area contributed by atoms with Crippen LogP contribution >= 0.6 is 11.6 Å². The molecule has 1 amide bonds. The van der Waals surface area contributed by atoms with Crippen molar-refractivity contribution in [2.75, 3.05) is 5.32 Å². The van der Waals surface area contributed by atoms with Gasteiger partial charge in [0.25, 0.3) is 11.6 Å². The Hall–Kier alpha value is -1.96. The van der Waals surface area contributed by atoms with E-state index in [2.05, 4.69) is 15.5 Å². The molecule has 2 aromatic carbocycles. The molecular formula is C16H12CaClN4O7S+. The van der Waals surface area contributed by atoms with Crippen LogP contribution in [0, 0.1) is 10.1 Å². The molecule has 0 fully saturated rings. The van der Waals surface area contributed by atoms with Crippen LogP contribution in [0.5, 0.6) is 0 Å². The Balaban J connectivity index is 0.00000450. The van der Waals surface area contributed by atoms with Gasteiger partial charge in [-0.2, -0.15) is 5.11 Å². The van der Waals surface area contributed by atoms with E-state index in [0.29, 0.717) is 6.07 Å². The monoisotopic (exact) mass is 479 g/mol. The van der Waals surface area contributed by atoms with E-state index < -0.39 is 49.0 Å². The van der Waals surface area contributed by atoms with E-state index in [4.69, 9.17) is 11.6 Å². The Bertz CT molecular complexity index is 1120. The standard InChI is InChI=1S/C16H13ClN4O7S.Ca/c1-9(22)15(16(23)18-12-5-3-2-4-11(12)17)20-19-13-7-6-10(29(26,27)28)8-14(13)21(24)25;/h2-8,15H,1H3,(H,18,23)(H,26,27,28);/q;+2/p-1. The molecule has 1 N–H and O–H groups in total. The Morgan fingerprint density at radius 2 is 1.83 bits per heavy atom. The van der Waals surface area contributed by atoms with Crippen molar-refractivity contribution in [1.82, 2.24) is 0 Å². The van der Waals surface area contributed by atoms with Gasteiger partial charge in [0, 0.05) is 6.07 Å². The minimum atomic E-state index is -4.93. The third-order valence-corrected chi connectivity index (χ3v) is 4.64. The second-order valence-electron chi connectivity index (χ2n) is 5.56. The van der Waals surface area contributed by atoms with Crippen LogP contribution in [-0.2, 0) is 19.7 Å². The van der Waals surface area contributed by atoms with Gasteiger partial charge in [0.05, 0.1) is 20.5 Å². The smallest absolute Gasteiger partial charge is 0.744 e. The second-order valence-corrected chi connectivity index (χ2v) is 7.35. The summed E-state index contributed by atoms with van der Waals surface area (Å²) in [6.45, 7) is 1.07. The number of rotatable bonds is 7. The molecule has 0 bridgehead atoms. The number of halogens is 1. The SMILES string of the molecule is CC(=O)C(N=Nc1ccc(S(=O)(=O)[O-])cc1[N+](=O)[O-])C(=O)Nc1ccccc1Cl.[Ca+2]. The van der Waals surface area contributed by atoms with Gasteiger partial charge >= 0.3 is 37.7 Å². The predicted molar refractivity (Wildman–Crippen MR) is 106 cm³/mol. The zero-order valence-electron chi connectivity index (χ0n) is 15.3. The van der Waals surface area contributed by atoms with Crippen molar-refractivity contribution in [3.8, 4) is 0 Å². The van der Waals surface area contributed by atoms with Gasteiger partial charge in [0.1, 0.15) is 10.1 Å². The zero-order chi connectivity index (χ0) is 21.8. The van der Waals surface area contributed by atoms with E-state index in [9.17, 15) is 32.7 Å². The number of amides is 1. The van der Waals surface area contributed by atoms with Crippen molar-refractivity contribution in [2.45, 2.75) is 17.9 Å². The van der Waals surface area contributed by atoms with Gasteiger partial charge in [-0.3, -0.25) is 19.7 Å². The molecule has 0 aliphatic rings. The van der Waals surface area contributed by atoms with Gasteiger partial charge in [-0.15, -0.1) is 5.11 Å². The van der Waals surface area contributed by atoms with Crippen LogP contribution in [0.4, 0.5) is 17.1 Å². The van der Waals surface area contributed by atoms with Crippen LogP contribution in [0.25, 0.3) is 0 Å². The van der Waals surface area contributed by atoms with E-state index in [1.807, 2.05) is 0 Å². The first-order valence-corrected chi connectivity index (χ1v) is 9.50. The van der Waals surface area contributed by atoms with Crippen molar-refractivity contribution in [3.05, 3.63) is 57.6 Å². The molecule has 30 heavy (non-hydrogen) atoms. The Morgan fingerprint density at radius 3 is 2.37 bits per heavy atom. The number of anilines is 1. The number of nitro groups is 1. The summed E-state index contributed by atoms with van der Waals surface area (Å²) in [7, 11) is -4.93. The van der Waals surface area contributed by atoms with Crippen LogP contribution in [0.15, 0.2) is 57.6 Å². The maximum absolute atomic E-state index is 12.3. The van der Waals surface area contributed by atoms with Gasteiger partial charge in [-0.05, 0) is 31.2 Å². The first-order chi connectivity index (χ1) is 13.5. The fourth-order valence-corrected chi connectivity index (χ4v) is 2.77. The maximum atomic E-state index is 12.3. The van der Waals surface area contributed by atoms with Gasteiger partial charge in [-0.1, -0.05) is 23.7 Å². The molecule has 0 saturated heterocycles. The summed E-state index contributed by atoms with van der Waals surface area (Å²) in [5.74, 6) is -1.59. The van der Waals surface area contributed by atoms with Crippen LogP contribution in [0.3, 0.4) is 0 Å². The number of carbonyl (C=O) groups is 2. The Labute approximate surface area is 205 Å². The number of benzene rings is 2. The van der Waals surface area contributed by atoms with E-state index in [1.165, 1.54) is 12.1 Å². The molecule has 0 spiro atoms. The van der Waals surface area contributed by atoms with Gasteiger partial charge in [0.15, 0.2) is 11.5 Å². The summed E-state index contributed by atoms with van der Waals surface area (Å²) in [5, 5.41) is 20.8. The molecule has 0 saturated carbocycles. The quantitative estimate of drug-likeness (QED) is 0.158. The fraction of sp³-hybridized carbons (Fsp3) is 0.125. The second kappa shape index (κ2) is 10.9. The maximum Gasteiger partial charge on any atom is 2.00 e. The summed E-state index contributed by atoms with van der Waals surface area (Å²) >= 11 is 5.93. The number of azo groups is 1. The van der Waals surface area contributed by atoms with Crippen LogP contribution < -0.4 is 5.32 Å². The van der Waals surface area contributed by atoms with Crippen molar-refractivity contribution < 1.29 is 27.5 Å². The van der Waals surface area contributed by atoms with Crippen LogP contribution in [0.1, 0.15) is 6.92 Å². The number of hydrogen-bond acceptors (Lipinski definition) is 9. The van der Waals surface area contributed by atoms with Gasteiger partial charge in [-0.25, -0.2) is 8.42 Å². The predicted octanol–water partition coefficient (Wildman–Crippen LogP) is 2.45. The number of hydrogen-bond donors (Lipinski definition) is 1. The van der Waals surface area contributed by atoms with E-state index in [0.717, 1.165) is 19.1 Å². The first-order valence-electron chi connectivity index (χ1n) is 7.71. The molecule has 0 aromatic heterocycles. The molecule has 0 aliphatic heterocycles. The van der Waals surface area contributed by atoms with E-state index in [1.54, 1.807) is 12.1 Å². The molecular weight excluding hydrogens is 468 g/mol. The van der Waals surface area contributed by atoms with Crippen molar-refractivity contribution >= 4 is 88.2 Å². The number of nitrogens with one attached hydrogen (secondary N) is 1. The summed E-state index contributed by atoms with van der Waals surface area (Å²) in [4.78, 5) is 33.4. The van der Waals surface area contributed by atoms with Gasteiger partial charge < -0.3 is 9.87 Å². The van der Waals surface area contributed by atoms with Crippen molar-refractivity contribution in [1.29, 1.82) is 0 Å². The molecule has 1 atom stereocenters. The topological polar surface area (TPSA) is 171 Å². The Morgan fingerprint density at radius 1 is 1.20 bits per heavy atom. The average molecular weight is 480 g/mol. The van der Waals surface area contributed by atoms with E-state index in [-0.39, 0.29) is 48.4 Å². The van der Waals surface area contributed by atoms with E-state index >= 15 is 0 Å².